The van der Waals surface area contributed by atoms with Crippen molar-refractivity contribution in [3.63, 3.8) is 0 Å². The molecule has 0 spiro atoms. The van der Waals surface area contributed by atoms with E-state index in [9.17, 15) is 10.1 Å². The lowest BCUT2D eigenvalue weighted by molar-refractivity contribution is -0.138. The number of nitriles is 1. The standard InChI is InChI=1S/C16H29N3O/c1-5-7-14(8-6-2)15(20)18-9-11-19(12-10-18)16(3,4)13-17/h14H,5-12H2,1-4H3. The van der Waals surface area contributed by atoms with Gasteiger partial charge in [0.1, 0.15) is 5.54 Å². The molecule has 0 radical (unpaired) electrons. The Morgan fingerprint density at radius 1 is 1.15 bits per heavy atom. The van der Waals surface area contributed by atoms with Gasteiger partial charge >= 0.3 is 0 Å². The highest BCUT2D eigenvalue weighted by Gasteiger charge is 2.32. The molecule has 1 amide bonds. The summed E-state index contributed by atoms with van der Waals surface area (Å²) < 4.78 is 0. The van der Waals surface area contributed by atoms with Crippen LogP contribution in [0.25, 0.3) is 0 Å². The Morgan fingerprint density at radius 2 is 1.65 bits per heavy atom. The summed E-state index contributed by atoms with van der Waals surface area (Å²) in [6.45, 7) is 11.3. The zero-order valence-electron chi connectivity index (χ0n) is 13.5. The molecule has 0 unspecified atom stereocenters. The van der Waals surface area contributed by atoms with Crippen LogP contribution in [0.4, 0.5) is 0 Å². The monoisotopic (exact) mass is 279 g/mol. The number of nitrogens with zero attached hydrogens (tertiary/aromatic N) is 3. The van der Waals surface area contributed by atoms with E-state index in [1.54, 1.807) is 0 Å². The molecule has 0 atom stereocenters. The van der Waals surface area contributed by atoms with E-state index < -0.39 is 5.54 Å². The number of carbonyl (C=O) groups is 1. The zero-order chi connectivity index (χ0) is 15.2. The van der Waals surface area contributed by atoms with Gasteiger partial charge in [-0.1, -0.05) is 26.7 Å². The van der Waals surface area contributed by atoms with E-state index in [1.165, 1.54) is 0 Å². The summed E-state index contributed by atoms with van der Waals surface area (Å²) in [5, 5.41) is 9.18. The fraction of sp³-hybridized carbons (Fsp3) is 0.875. The molecule has 114 valence electrons. The van der Waals surface area contributed by atoms with Crippen LogP contribution in [0.3, 0.4) is 0 Å². The number of rotatable bonds is 6. The smallest absolute Gasteiger partial charge is 0.225 e. The molecule has 1 fully saturated rings. The third kappa shape index (κ3) is 4.21. The van der Waals surface area contributed by atoms with Gasteiger partial charge in [0.05, 0.1) is 6.07 Å². The summed E-state index contributed by atoms with van der Waals surface area (Å²) in [5.41, 5.74) is -0.429. The molecule has 0 aromatic heterocycles. The van der Waals surface area contributed by atoms with Crippen LogP contribution in [0.15, 0.2) is 0 Å². The molecular formula is C16H29N3O. The molecule has 4 nitrogen and oxygen atoms in total. The molecule has 1 rings (SSSR count). The van der Waals surface area contributed by atoms with Crippen LogP contribution in [0.2, 0.25) is 0 Å². The second-order valence-corrected chi connectivity index (χ2v) is 6.26. The number of piperazine rings is 1. The molecule has 1 saturated heterocycles. The normalized spacial score (nSPS) is 17.3. The zero-order valence-corrected chi connectivity index (χ0v) is 13.5. The van der Waals surface area contributed by atoms with Gasteiger partial charge in [0.25, 0.3) is 0 Å². The molecular weight excluding hydrogens is 250 g/mol. The van der Waals surface area contributed by atoms with Gasteiger partial charge in [0, 0.05) is 32.1 Å². The summed E-state index contributed by atoms with van der Waals surface area (Å²) in [7, 11) is 0. The van der Waals surface area contributed by atoms with Gasteiger partial charge in [0.2, 0.25) is 5.91 Å². The van der Waals surface area contributed by atoms with Crippen LogP contribution >= 0.6 is 0 Å². The summed E-state index contributed by atoms with van der Waals surface area (Å²) in [6, 6.07) is 2.34. The maximum atomic E-state index is 12.5. The molecule has 4 heteroatoms. The largest absolute Gasteiger partial charge is 0.340 e. The Bertz CT molecular complexity index is 345. The first kappa shape index (κ1) is 17.0. The van der Waals surface area contributed by atoms with Gasteiger partial charge in [0.15, 0.2) is 0 Å². The van der Waals surface area contributed by atoms with Gasteiger partial charge in [-0.05, 0) is 26.7 Å². The van der Waals surface area contributed by atoms with Gasteiger partial charge < -0.3 is 4.90 Å². The highest BCUT2D eigenvalue weighted by molar-refractivity contribution is 5.79. The van der Waals surface area contributed by atoms with E-state index in [1.807, 2.05) is 18.7 Å². The van der Waals surface area contributed by atoms with Gasteiger partial charge in [-0.25, -0.2) is 0 Å². The van der Waals surface area contributed by atoms with E-state index in [-0.39, 0.29) is 5.92 Å². The quantitative estimate of drug-likeness (QED) is 0.751. The average Bonchev–Trinajstić information content (AvgIpc) is 2.46. The van der Waals surface area contributed by atoms with Crippen molar-refractivity contribution in [2.45, 2.75) is 58.9 Å². The van der Waals surface area contributed by atoms with Gasteiger partial charge in [-0.15, -0.1) is 0 Å². The van der Waals surface area contributed by atoms with Gasteiger partial charge in [-0.3, -0.25) is 9.69 Å². The minimum absolute atomic E-state index is 0.195. The average molecular weight is 279 g/mol. The third-order valence-corrected chi connectivity index (χ3v) is 4.28. The molecule has 0 saturated carbocycles. The van der Waals surface area contributed by atoms with E-state index in [0.29, 0.717) is 5.91 Å². The van der Waals surface area contributed by atoms with Crippen molar-refractivity contribution in [2.75, 3.05) is 26.2 Å². The first-order valence-corrected chi connectivity index (χ1v) is 7.91. The Balaban J connectivity index is 2.56. The van der Waals surface area contributed by atoms with Crippen LogP contribution in [-0.2, 0) is 4.79 Å². The molecule has 0 N–H and O–H groups in total. The molecule has 1 aliphatic rings. The Hall–Kier alpha value is -1.08. The van der Waals surface area contributed by atoms with Crippen molar-refractivity contribution in [1.82, 2.24) is 9.80 Å². The molecule has 1 aliphatic heterocycles. The van der Waals surface area contributed by atoms with Crippen molar-refractivity contribution in [3.8, 4) is 6.07 Å². The lowest BCUT2D eigenvalue weighted by atomic mass is 9.96. The van der Waals surface area contributed by atoms with E-state index >= 15 is 0 Å². The molecule has 0 aliphatic carbocycles. The van der Waals surface area contributed by atoms with E-state index in [4.69, 9.17) is 0 Å². The fourth-order valence-electron chi connectivity index (χ4n) is 2.90. The van der Waals surface area contributed by atoms with Gasteiger partial charge in [-0.2, -0.15) is 5.26 Å². The Labute approximate surface area is 123 Å². The fourth-order valence-corrected chi connectivity index (χ4v) is 2.90. The highest BCUT2D eigenvalue weighted by atomic mass is 16.2. The van der Waals surface area contributed by atoms with Crippen LogP contribution < -0.4 is 0 Å². The Kier molecular flexibility index (Phi) is 6.48. The van der Waals surface area contributed by atoms with E-state index in [2.05, 4.69) is 24.8 Å². The molecule has 1 heterocycles. The van der Waals surface area contributed by atoms with Crippen molar-refractivity contribution in [1.29, 1.82) is 5.26 Å². The topological polar surface area (TPSA) is 47.3 Å². The van der Waals surface area contributed by atoms with Crippen LogP contribution in [0.5, 0.6) is 0 Å². The lowest BCUT2D eigenvalue weighted by Gasteiger charge is -2.41. The van der Waals surface area contributed by atoms with Crippen molar-refractivity contribution >= 4 is 5.91 Å². The van der Waals surface area contributed by atoms with Crippen molar-refractivity contribution < 1.29 is 4.79 Å². The highest BCUT2D eigenvalue weighted by Crippen LogP contribution is 2.20. The first-order chi connectivity index (χ1) is 9.46. The molecule has 0 aromatic carbocycles. The summed E-state index contributed by atoms with van der Waals surface area (Å²) >= 11 is 0. The number of amides is 1. The summed E-state index contributed by atoms with van der Waals surface area (Å²) in [4.78, 5) is 16.7. The predicted octanol–water partition coefficient (Wildman–Crippen LogP) is 2.65. The van der Waals surface area contributed by atoms with Crippen LogP contribution in [0, 0.1) is 17.2 Å². The van der Waals surface area contributed by atoms with Crippen LogP contribution in [0.1, 0.15) is 53.4 Å². The molecule has 0 aromatic rings. The van der Waals surface area contributed by atoms with Crippen molar-refractivity contribution in [3.05, 3.63) is 0 Å². The molecule has 20 heavy (non-hydrogen) atoms. The SMILES string of the molecule is CCCC(CCC)C(=O)N1CCN(C(C)(C)C#N)CC1. The summed E-state index contributed by atoms with van der Waals surface area (Å²) in [5.74, 6) is 0.517. The third-order valence-electron chi connectivity index (χ3n) is 4.28. The molecule has 0 bridgehead atoms. The van der Waals surface area contributed by atoms with E-state index in [0.717, 1.165) is 51.9 Å². The predicted molar refractivity (Wildman–Crippen MR) is 81.2 cm³/mol. The minimum atomic E-state index is -0.429. The first-order valence-electron chi connectivity index (χ1n) is 7.91. The summed E-state index contributed by atoms with van der Waals surface area (Å²) in [6.07, 6.45) is 4.13. The maximum Gasteiger partial charge on any atom is 0.225 e. The van der Waals surface area contributed by atoms with Crippen molar-refractivity contribution in [2.24, 2.45) is 5.92 Å². The Morgan fingerprint density at radius 3 is 2.05 bits per heavy atom. The van der Waals surface area contributed by atoms with Crippen LogP contribution in [-0.4, -0.2) is 47.4 Å². The number of carbonyl (C=O) groups excluding carboxylic acids is 1. The lowest BCUT2D eigenvalue weighted by Crippen LogP contribution is -2.56. The minimum Gasteiger partial charge on any atom is -0.340 e. The number of hydrogen-bond acceptors (Lipinski definition) is 3. The number of hydrogen-bond donors (Lipinski definition) is 0. The second-order valence-electron chi connectivity index (χ2n) is 6.26. The second kappa shape index (κ2) is 7.64. The maximum absolute atomic E-state index is 12.5.